The maximum Gasteiger partial charge on any atom is 0.259 e. The summed E-state index contributed by atoms with van der Waals surface area (Å²) in [6.07, 6.45) is 0. The predicted octanol–water partition coefficient (Wildman–Crippen LogP) is 4.82. The molecule has 0 radical (unpaired) electrons. The third-order valence-corrected chi connectivity index (χ3v) is 5.29. The topological polar surface area (TPSA) is 42.2 Å². The van der Waals surface area contributed by atoms with Gasteiger partial charge in [0.1, 0.15) is 11.5 Å². The molecule has 0 bridgehead atoms. The lowest BCUT2D eigenvalue weighted by Gasteiger charge is -2.06. The van der Waals surface area contributed by atoms with E-state index in [1.54, 1.807) is 6.92 Å². The maximum absolute atomic E-state index is 12.3. The van der Waals surface area contributed by atoms with E-state index < -0.39 is 0 Å². The van der Waals surface area contributed by atoms with Crippen molar-refractivity contribution in [2.75, 3.05) is 5.32 Å². The van der Waals surface area contributed by atoms with Gasteiger partial charge >= 0.3 is 0 Å². The molecule has 1 heterocycles. The summed E-state index contributed by atoms with van der Waals surface area (Å²) in [6.45, 7) is 5.56. The lowest BCUT2D eigenvalue weighted by molar-refractivity contribution is 0.102. The number of halogens is 2. The number of benzene rings is 1. The van der Waals surface area contributed by atoms with Crippen molar-refractivity contribution >= 4 is 50.1 Å². The van der Waals surface area contributed by atoms with E-state index in [1.165, 1.54) is 0 Å². The first-order valence-corrected chi connectivity index (χ1v) is 7.60. The van der Waals surface area contributed by atoms with Crippen LogP contribution in [0.4, 0.5) is 5.69 Å². The minimum absolute atomic E-state index is 0.134. The standard InChI is InChI=1S/C14H13BrINO2/c1-7-8(2)19-9(3)13(7)14(18)17-10-4-5-11(15)12(16)6-10/h4-6H,1-3H3,(H,17,18). The van der Waals surface area contributed by atoms with Crippen LogP contribution >= 0.6 is 38.5 Å². The highest BCUT2D eigenvalue weighted by Gasteiger charge is 2.18. The van der Waals surface area contributed by atoms with Crippen LogP contribution in [0.25, 0.3) is 0 Å². The van der Waals surface area contributed by atoms with Crippen LogP contribution in [0.3, 0.4) is 0 Å². The molecule has 2 rings (SSSR count). The Kier molecular flexibility index (Phi) is 4.35. The quantitative estimate of drug-likeness (QED) is 0.689. The summed E-state index contributed by atoms with van der Waals surface area (Å²) in [5.74, 6) is 1.30. The molecule has 2 aromatic rings. The second kappa shape index (κ2) is 5.66. The van der Waals surface area contributed by atoms with Crippen molar-refractivity contribution < 1.29 is 9.21 Å². The summed E-state index contributed by atoms with van der Waals surface area (Å²) < 4.78 is 7.54. The number of amides is 1. The van der Waals surface area contributed by atoms with Crippen LogP contribution in [0.2, 0.25) is 0 Å². The highest BCUT2D eigenvalue weighted by atomic mass is 127. The SMILES string of the molecule is Cc1oc(C)c(C(=O)Nc2ccc(Br)c(I)c2)c1C. The van der Waals surface area contributed by atoms with Gasteiger partial charge in [0.15, 0.2) is 0 Å². The molecule has 0 fully saturated rings. The van der Waals surface area contributed by atoms with Gasteiger partial charge in [-0.1, -0.05) is 0 Å². The molecule has 3 nitrogen and oxygen atoms in total. The molecule has 19 heavy (non-hydrogen) atoms. The van der Waals surface area contributed by atoms with Crippen molar-refractivity contribution in [2.45, 2.75) is 20.8 Å². The number of anilines is 1. The van der Waals surface area contributed by atoms with Crippen molar-refractivity contribution in [3.8, 4) is 0 Å². The molecule has 100 valence electrons. The van der Waals surface area contributed by atoms with E-state index >= 15 is 0 Å². The van der Waals surface area contributed by atoms with Gasteiger partial charge in [0, 0.05) is 19.3 Å². The van der Waals surface area contributed by atoms with Gasteiger partial charge in [-0.2, -0.15) is 0 Å². The van der Waals surface area contributed by atoms with Gasteiger partial charge < -0.3 is 9.73 Å². The number of hydrogen-bond acceptors (Lipinski definition) is 2. The molecule has 0 aliphatic heterocycles. The third-order valence-electron chi connectivity index (χ3n) is 2.97. The lowest BCUT2D eigenvalue weighted by Crippen LogP contribution is -2.13. The second-order valence-electron chi connectivity index (χ2n) is 4.30. The van der Waals surface area contributed by atoms with Crippen LogP contribution in [0, 0.1) is 24.3 Å². The molecule has 0 saturated carbocycles. The molecule has 0 spiro atoms. The van der Waals surface area contributed by atoms with Crippen molar-refractivity contribution in [2.24, 2.45) is 0 Å². The lowest BCUT2D eigenvalue weighted by atomic mass is 10.1. The summed E-state index contributed by atoms with van der Waals surface area (Å²) in [5, 5.41) is 2.90. The first-order valence-electron chi connectivity index (χ1n) is 5.73. The van der Waals surface area contributed by atoms with E-state index in [4.69, 9.17) is 4.42 Å². The van der Waals surface area contributed by atoms with Crippen LogP contribution in [-0.4, -0.2) is 5.91 Å². The van der Waals surface area contributed by atoms with Crippen molar-refractivity contribution in [3.63, 3.8) is 0 Å². The van der Waals surface area contributed by atoms with E-state index in [9.17, 15) is 4.79 Å². The Hall–Kier alpha value is -0.820. The molecule has 0 aliphatic carbocycles. The highest BCUT2D eigenvalue weighted by molar-refractivity contribution is 14.1. The summed E-state index contributed by atoms with van der Waals surface area (Å²) in [6, 6.07) is 5.69. The largest absolute Gasteiger partial charge is 0.466 e. The number of hydrogen-bond donors (Lipinski definition) is 1. The van der Waals surface area contributed by atoms with Gasteiger partial charge in [-0.3, -0.25) is 4.79 Å². The molecular weight excluding hydrogens is 421 g/mol. The van der Waals surface area contributed by atoms with Gasteiger partial charge in [-0.25, -0.2) is 0 Å². The summed E-state index contributed by atoms with van der Waals surface area (Å²) in [4.78, 5) is 12.3. The monoisotopic (exact) mass is 433 g/mol. The number of furan rings is 1. The number of carbonyl (C=O) groups excluding carboxylic acids is 1. The van der Waals surface area contributed by atoms with Gasteiger partial charge in [-0.15, -0.1) is 0 Å². The van der Waals surface area contributed by atoms with Crippen molar-refractivity contribution in [1.82, 2.24) is 0 Å². The average molecular weight is 434 g/mol. The first kappa shape index (κ1) is 14.6. The summed E-state index contributed by atoms with van der Waals surface area (Å²) in [7, 11) is 0. The van der Waals surface area contributed by atoms with E-state index in [-0.39, 0.29) is 5.91 Å². The first-order chi connectivity index (χ1) is 8.90. The Morgan fingerprint density at radius 1 is 1.26 bits per heavy atom. The molecule has 0 saturated heterocycles. The fourth-order valence-corrected chi connectivity index (χ4v) is 2.66. The van der Waals surface area contributed by atoms with E-state index in [0.29, 0.717) is 11.3 Å². The maximum atomic E-state index is 12.3. The van der Waals surface area contributed by atoms with Gasteiger partial charge in [-0.05, 0) is 77.5 Å². The molecule has 0 unspecified atom stereocenters. The zero-order valence-electron chi connectivity index (χ0n) is 10.8. The fourth-order valence-electron chi connectivity index (χ4n) is 1.89. The molecular formula is C14H13BrINO2. The van der Waals surface area contributed by atoms with Crippen LogP contribution in [0.5, 0.6) is 0 Å². The number of carbonyl (C=O) groups is 1. The summed E-state index contributed by atoms with van der Waals surface area (Å²) >= 11 is 5.64. The molecule has 1 amide bonds. The van der Waals surface area contributed by atoms with Crippen LogP contribution in [-0.2, 0) is 0 Å². The molecule has 0 aliphatic rings. The predicted molar refractivity (Wildman–Crippen MR) is 87.7 cm³/mol. The number of nitrogens with one attached hydrogen (secondary N) is 1. The second-order valence-corrected chi connectivity index (χ2v) is 6.31. The van der Waals surface area contributed by atoms with E-state index in [1.807, 2.05) is 32.0 Å². The fraction of sp³-hybridized carbons (Fsp3) is 0.214. The van der Waals surface area contributed by atoms with Gasteiger partial charge in [0.2, 0.25) is 0 Å². The Morgan fingerprint density at radius 3 is 2.47 bits per heavy atom. The van der Waals surface area contributed by atoms with Gasteiger partial charge in [0.25, 0.3) is 5.91 Å². The minimum Gasteiger partial charge on any atom is -0.466 e. The van der Waals surface area contributed by atoms with Gasteiger partial charge in [0.05, 0.1) is 5.56 Å². The zero-order chi connectivity index (χ0) is 14.2. The molecule has 5 heteroatoms. The van der Waals surface area contributed by atoms with Crippen LogP contribution in [0.15, 0.2) is 27.1 Å². The molecule has 1 aromatic heterocycles. The summed E-state index contributed by atoms with van der Waals surface area (Å²) in [5.41, 5.74) is 2.28. The Labute approximate surface area is 134 Å². The zero-order valence-corrected chi connectivity index (χ0v) is 14.5. The van der Waals surface area contributed by atoms with E-state index in [0.717, 1.165) is 25.1 Å². The van der Waals surface area contributed by atoms with Crippen molar-refractivity contribution in [1.29, 1.82) is 0 Å². The Balaban J connectivity index is 2.28. The third kappa shape index (κ3) is 3.02. The van der Waals surface area contributed by atoms with E-state index in [2.05, 4.69) is 43.8 Å². The normalized spacial score (nSPS) is 10.6. The van der Waals surface area contributed by atoms with Crippen molar-refractivity contribution in [3.05, 3.63) is 48.9 Å². The smallest absolute Gasteiger partial charge is 0.259 e. The van der Waals surface area contributed by atoms with Crippen LogP contribution in [0.1, 0.15) is 27.4 Å². The average Bonchev–Trinajstić information content (AvgIpc) is 2.58. The highest BCUT2D eigenvalue weighted by Crippen LogP contribution is 2.25. The molecule has 1 aromatic carbocycles. The minimum atomic E-state index is -0.134. The number of rotatable bonds is 2. The van der Waals surface area contributed by atoms with Crippen LogP contribution < -0.4 is 5.32 Å². The number of aryl methyl sites for hydroxylation is 2. The molecule has 1 N–H and O–H groups in total. The Morgan fingerprint density at radius 2 is 1.95 bits per heavy atom. The molecule has 0 atom stereocenters. The Bertz CT molecular complexity index is 649.